The van der Waals surface area contributed by atoms with Crippen LogP contribution in [-0.4, -0.2) is 11.8 Å². The Morgan fingerprint density at radius 3 is 1.62 bits per heavy atom. The van der Waals surface area contributed by atoms with Crippen molar-refractivity contribution < 1.29 is 26.1 Å². The first-order valence-electron chi connectivity index (χ1n) is 2.12. The van der Waals surface area contributed by atoms with Gasteiger partial charge < -0.3 is 0 Å². The van der Waals surface area contributed by atoms with Gasteiger partial charge in [0, 0.05) is 29.3 Å². The van der Waals surface area contributed by atoms with Crippen molar-refractivity contribution in [1.29, 1.82) is 0 Å². The molecule has 0 atom stereocenters. The Hall–Kier alpha value is -0.366. The molecule has 0 aromatic carbocycles. The van der Waals surface area contributed by atoms with Crippen LogP contribution in [0.3, 0.4) is 0 Å². The largest absolute Gasteiger partial charge is 0.296 e. The summed E-state index contributed by atoms with van der Waals surface area (Å²) in [6.45, 7) is 0. The molecule has 8 heavy (non-hydrogen) atoms. The molecule has 1 saturated heterocycles. The quantitative estimate of drug-likeness (QED) is 0.378. The summed E-state index contributed by atoms with van der Waals surface area (Å²) in [6, 6.07) is 0. The summed E-state index contributed by atoms with van der Waals surface area (Å²) in [6.07, 6.45) is 0.748. The number of amides is 2. The molecule has 0 unspecified atom stereocenters. The maximum Gasteiger partial charge on any atom is 0.227 e. The topological polar surface area (TPSA) is 46.2 Å². The van der Waals surface area contributed by atoms with Gasteiger partial charge >= 0.3 is 0 Å². The zero-order valence-corrected chi connectivity index (χ0v) is 5.03. The Labute approximate surface area is 56.7 Å². The van der Waals surface area contributed by atoms with E-state index >= 15 is 0 Å². The zero-order valence-electron chi connectivity index (χ0n) is 4.05. The predicted octanol–water partition coefficient (Wildman–Crippen LogP) is -0.579. The van der Waals surface area contributed by atoms with E-state index in [-0.39, 0.29) is 28.3 Å². The van der Waals surface area contributed by atoms with Gasteiger partial charge in [0.2, 0.25) is 11.8 Å². The molecular formula is C4H5NNiO2. The smallest absolute Gasteiger partial charge is 0.227 e. The summed E-state index contributed by atoms with van der Waals surface area (Å²) in [5, 5.41) is 2.14. The van der Waals surface area contributed by atoms with E-state index in [9.17, 15) is 9.59 Å². The van der Waals surface area contributed by atoms with Crippen molar-refractivity contribution in [3.63, 3.8) is 0 Å². The van der Waals surface area contributed by atoms with Gasteiger partial charge in [0.15, 0.2) is 0 Å². The van der Waals surface area contributed by atoms with Gasteiger partial charge in [-0.25, -0.2) is 0 Å². The number of imide groups is 1. The summed E-state index contributed by atoms with van der Waals surface area (Å²) < 4.78 is 0. The summed E-state index contributed by atoms with van der Waals surface area (Å²) in [5.41, 5.74) is 0. The van der Waals surface area contributed by atoms with Gasteiger partial charge in [-0.3, -0.25) is 14.9 Å². The second-order valence-electron chi connectivity index (χ2n) is 1.47. The first kappa shape index (κ1) is 7.63. The molecule has 3 nitrogen and oxygen atoms in total. The molecule has 2 amide bonds. The molecule has 1 N–H and O–H groups in total. The molecule has 1 rings (SSSR count). The first-order valence-corrected chi connectivity index (χ1v) is 2.12. The minimum Gasteiger partial charge on any atom is -0.296 e. The Morgan fingerprint density at radius 2 is 1.50 bits per heavy atom. The number of carbonyl (C=O) groups excluding carboxylic acids is 2. The second-order valence-corrected chi connectivity index (χ2v) is 1.47. The molecule has 0 aromatic rings. The second kappa shape index (κ2) is 2.82. The van der Waals surface area contributed by atoms with Crippen molar-refractivity contribution in [2.75, 3.05) is 0 Å². The van der Waals surface area contributed by atoms with Crippen LogP contribution < -0.4 is 5.32 Å². The molecule has 1 aliphatic rings. The maximum atomic E-state index is 10.1. The summed E-state index contributed by atoms with van der Waals surface area (Å²) >= 11 is 0. The van der Waals surface area contributed by atoms with Crippen molar-refractivity contribution in [3.05, 3.63) is 0 Å². The van der Waals surface area contributed by atoms with Crippen LogP contribution in [-0.2, 0) is 26.1 Å². The average Bonchev–Trinajstić information content (AvgIpc) is 1.87. The van der Waals surface area contributed by atoms with Crippen molar-refractivity contribution in [2.45, 2.75) is 12.8 Å². The van der Waals surface area contributed by atoms with Crippen LogP contribution in [0.5, 0.6) is 0 Å². The van der Waals surface area contributed by atoms with Crippen molar-refractivity contribution in [1.82, 2.24) is 5.32 Å². The number of carbonyl (C=O) groups is 2. The Bertz CT molecular complexity index is 109. The monoisotopic (exact) mass is 157 g/mol. The van der Waals surface area contributed by atoms with E-state index in [0.29, 0.717) is 12.8 Å². The normalized spacial score (nSPS) is 17.5. The van der Waals surface area contributed by atoms with E-state index in [1.807, 2.05) is 0 Å². The van der Waals surface area contributed by atoms with Gasteiger partial charge in [-0.05, 0) is 0 Å². The minimum atomic E-state index is -0.148. The van der Waals surface area contributed by atoms with Crippen LogP contribution in [0.25, 0.3) is 0 Å². The molecule has 0 saturated carbocycles. The van der Waals surface area contributed by atoms with Gasteiger partial charge in [-0.1, -0.05) is 0 Å². The number of hydrogen-bond donors (Lipinski definition) is 1. The Balaban J connectivity index is 0.000000490. The molecule has 0 bridgehead atoms. The molecule has 1 heterocycles. The first-order chi connectivity index (χ1) is 3.29. The zero-order chi connectivity index (χ0) is 5.28. The Kier molecular flexibility index (Phi) is 2.70. The van der Waals surface area contributed by atoms with Crippen LogP contribution in [0.2, 0.25) is 0 Å². The summed E-state index contributed by atoms with van der Waals surface area (Å²) in [4.78, 5) is 20.2. The number of rotatable bonds is 0. The molecule has 1 fully saturated rings. The van der Waals surface area contributed by atoms with Crippen LogP contribution in [0.15, 0.2) is 0 Å². The third-order valence-corrected chi connectivity index (χ3v) is 0.858. The predicted molar refractivity (Wildman–Crippen MR) is 22.4 cm³/mol. The molecule has 1 aliphatic heterocycles. The fourth-order valence-corrected chi connectivity index (χ4v) is 0.508. The van der Waals surface area contributed by atoms with Gasteiger partial charge in [-0.15, -0.1) is 0 Å². The summed E-state index contributed by atoms with van der Waals surface area (Å²) in [7, 11) is 0. The van der Waals surface area contributed by atoms with E-state index in [1.165, 1.54) is 0 Å². The van der Waals surface area contributed by atoms with Crippen LogP contribution in [0, 0.1) is 0 Å². The molecule has 0 aromatic heterocycles. The SMILES string of the molecule is O=C1CCC(=O)N1.[Ni]. The van der Waals surface area contributed by atoms with Crippen molar-refractivity contribution in [3.8, 4) is 0 Å². The maximum absolute atomic E-state index is 10.1. The van der Waals surface area contributed by atoms with E-state index in [1.54, 1.807) is 0 Å². The van der Waals surface area contributed by atoms with E-state index in [4.69, 9.17) is 0 Å². The standard InChI is InChI=1S/C4H5NO2.Ni/c6-3-1-2-4(7)5-3;/h1-2H2,(H,5,6,7);. The fourth-order valence-electron chi connectivity index (χ4n) is 0.508. The van der Waals surface area contributed by atoms with E-state index in [2.05, 4.69) is 5.32 Å². The molecule has 0 aliphatic carbocycles. The third kappa shape index (κ3) is 1.62. The van der Waals surface area contributed by atoms with Crippen LogP contribution in [0.1, 0.15) is 12.8 Å². The van der Waals surface area contributed by atoms with Crippen LogP contribution >= 0.6 is 0 Å². The van der Waals surface area contributed by atoms with Gasteiger partial charge in [-0.2, -0.15) is 0 Å². The minimum absolute atomic E-state index is 0. The fraction of sp³-hybridized carbons (Fsp3) is 0.500. The van der Waals surface area contributed by atoms with Gasteiger partial charge in [0.05, 0.1) is 0 Å². The van der Waals surface area contributed by atoms with Crippen molar-refractivity contribution in [2.24, 2.45) is 0 Å². The molecular weight excluding hydrogens is 153 g/mol. The van der Waals surface area contributed by atoms with Gasteiger partial charge in [0.1, 0.15) is 0 Å². The number of hydrogen-bond acceptors (Lipinski definition) is 2. The molecule has 0 spiro atoms. The van der Waals surface area contributed by atoms with Crippen molar-refractivity contribution >= 4 is 11.8 Å². The Morgan fingerprint density at radius 1 is 1.12 bits per heavy atom. The van der Waals surface area contributed by atoms with E-state index < -0.39 is 0 Å². The molecule has 0 radical (unpaired) electrons. The molecule has 4 heteroatoms. The third-order valence-electron chi connectivity index (χ3n) is 0.858. The number of nitrogens with one attached hydrogen (secondary N) is 1. The van der Waals surface area contributed by atoms with Crippen LogP contribution in [0.4, 0.5) is 0 Å². The molecule has 48 valence electrons. The summed E-state index contributed by atoms with van der Waals surface area (Å²) in [5.74, 6) is -0.296. The average molecular weight is 158 g/mol. The van der Waals surface area contributed by atoms with E-state index in [0.717, 1.165) is 0 Å². The van der Waals surface area contributed by atoms with Gasteiger partial charge in [0.25, 0.3) is 0 Å².